The maximum Gasteiger partial charge on any atom is 0.454 e. The van der Waals surface area contributed by atoms with Crippen LogP contribution in [0.4, 0.5) is 26.3 Å². The topological polar surface area (TPSA) is 214 Å². The third-order valence-electron chi connectivity index (χ3n) is 8.99. The predicted molar refractivity (Wildman–Crippen MR) is 210 cm³/mol. The van der Waals surface area contributed by atoms with E-state index in [1.807, 2.05) is 6.92 Å². The standard InChI is InChI=1S/C20H22F3N3O2S.C8H5F3O.C7H15N.2CH4O3S/c1-15-7-9-18(10-8-15)29(27,28)25-13-11-17(12-14-25)26-19(24-26,20(21,22)23)16-5-3-2-4-6-16;9-8(10,11)7(12)6-4-2-1-3-5-6;8-6-7-4-2-1-3-5-7;2*1-5(2,3)4/h2-10,17,24H,11-14H2,1H3;1-5H;7H,1-6,8H2;2*1H3,(H,2,3,4). The van der Waals surface area contributed by atoms with E-state index in [-0.39, 0.29) is 29.1 Å². The maximum atomic E-state index is 13.9. The number of benzene rings is 3. The third kappa shape index (κ3) is 17.6. The van der Waals surface area contributed by atoms with Crippen LogP contribution in [0.25, 0.3) is 0 Å². The Bertz CT molecular complexity index is 2040. The molecule has 2 unspecified atom stereocenters. The SMILES string of the molecule is CS(=O)(=O)O.CS(=O)(=O)O.Cc1ccc(S(=O)(=O)N2CCC(N3NC3(c3ccccc3)C(F)(F)F)CC2)cc1.NCC1CCCCC1.O=C(c1ccccc1)C(F)(F)F. The van der Waals surface area contributed by atoms with Gasteiger partial charge in [-0.05, 0) is 62.8 Å². The molecule has 5 N–H and O–H groups in total. The minimum atomic E-state index is -4.78. The summed E-state index contributed by atoms with van der Waals surface area (Å²) >= 11 is 0. The lowest BCUT2D eigenvalue weighted by Crippen LogP contribution is -2.45. The lowest BCUT2D eigenvalue weighted by atomic mass is 9.90. The molecule has 0 amide bonds. The number of rotatable bonds is 6. The average Bonchev–Trinajstić information content (AvgIpc) is 3.93. The first-order valence-corrected chi connectivity index (χ1v) is 23.2. The van der Waals surface area contributed by atoms with E-state index < -0.39 is 60.1 Å². The molecule has 2 saturated heterocycles. The maximum absolute atomic E-state index is 13.9. The number of ketones is 1. The Balaban J connectivity index is 0.000000325. The summed E-state index contributed by atoms with van der Waals surface area (Å²) in [5.74, 6) is -0.938. The number of carbonyl (C=O) groups is 1. The Morgan fingerprint density at radius 2 is 1.19 bits per heavy atom. The fraction of sp³-hybridized carbons (Fsp3) is 0.486. The van der Waals surface area contributed by atoms with Gasteiger partial charge in [0.1, 0.15) is 0 Å². The first-order valence-electron chi connectivity index (χ1n) is 18.1. The van der Waals surface area contributed by atoms with Crippen molar-refractivity contribution in [2.75, 3.05) is 32.1 Å². The van der Waals surface area contributed by atoms with Crippen molar-refractivity contribution < 1.29 is 65.5 Å². The Hall–Kier alpha value is -3.48. The molecule has 0 radical (unpaired) electrons. The van der Waals surface area contributed by atoms with Crippen molar-refractivity contribution in [3.8, 4) is 0 Å². The van der Waals surface area contributed by atoms with Crippen LogP contribution in [-0.4, -0.2) is 100.0 Å². The zero-order valence-electron chi connectivity index (χ0n) is 32.5. The molecular formula is C37H50F6N4O9S3. The van der Waals surface area contributed by atoms with Gasteiger partial charge in [-0.15, -0.1) is 0 Å². The smallest absolute Gasteiger partial charge is 0.330 e. The second-order valence-electron chi connectivity index (χ2n) is 13.9. The van der Waals surface area contributed by atoms with E-state index in [1.165, 1.54) is 65.7 Å². The predicted octanol–water partition coefficient (Wildman–Crippen LogP) is 6.35. The molecular weight excluding hydrogens is 855 g/mol. The van der Waals surface area contributed by atoms with Gasteiger partial charge in [-0.2, -0.15) is 47.5 Å². The molecule has 6 rings (SSSR count). The van der Waals surface area contributed by atoms with Crippen molar-refractivity contribution in [3.63, 3.8) is 0 Å². The molecule has 1 aliphatic carbocycles. The molecule has 3 fully saturated rings. The summed E-state index contributed by atoms with van der Waals surface area (Å²) in [6.45, 7) is 3.15. The summed E-state index contributed by atoms with van der Waals surface area (Å²) in [6, 6.07) is 20.5. The summed E-state index contributed by atoms with van der Waals surface area (Å²) in [5.41, 5.74) is 6.62. The van der Waals surface area contributed by atoms with Crippen molar-refractivity contribution >= 4 is 36.0 Å². The Morgan fingerprint density at radius 1 is 0.746 bits per heavy atom. The molecule has 3 aromatic rings. The van der Waals surface area contributed by atoms with Crippen LogP contribution < -0.4 is 11.2 Å². The lowest BCUT2D eigenvalue weighted by Gasteiger charge is -2.32. The van der Waals surface area contributed by atoms with Crippen LogP contribution in [0.15, 0.2) is 89.8 Å². The highest BCUT2D eigenvalue weighted by molar-refractivity contribution is 7.89. The fourth-order valence-corrected chi connectivity index (χ4v) is 7.61. The number of hydrazine groups is 1. The summed E-state index contributed by atoms with van der Waals surface area (Å²) in [6.07, 6.45) is -0.139. The highest BCUT2D eigenvalue weighted by Gasteiger charge is 2.72. The van der Waals surface area contributed by atoms with Gasteiger partial charge < -0.3 is 5.73 Å². The highest BCUT2D eigenvalue weighted by atomic mass is 32.2. The van der Waals surface area contributed by atoms with Crippen molar-refractivity contribution in [3.05, 3.63) is 102 Å². The van der Waals surface area contributed by atoms with Crippen LogP contribution in [-0.2, 0) is 35.9 Å². The van der Waals surface area contributed by atoms with E-state index in [9.17, 15) is 56.4 Å². The number of carbonyl (C=O) groups excluding carboxylic acids is 1. The van der Waals surface area contributed by atoms with Crippen molar-refractivity contribution in [1.29, 1.82) is 0 Å². The first kappa shape index (κ1) is 51.7. The van der Waals surface area contributed by atoms with Crippen molar-refractivity contribution in [2.45, 2.75) is 80.8 Å². The number of alkyl halides is 6. The second-order valence-corrected chi connectivity index (χ2v) is 18.8. The van der Waals surface area contributed by atoms with E-state index in [1.54, 1.807) is 48.5 Å². The number of aryl methyl sites for hydroxylation is 1. The van der Waals surface area contributed by atoms with Crippen LogP contribution in [0.1, 0.15) is 66.4 Å². The van der Waals surface area contributed by atoms with Crippen molar-refractivity contribution in [2.24, 2.45) is 11.7 Å². The Kier molecular flexibility index (Phi) is 19.1. The van der Waals surface area contributed by atoms with Gasteiger partial charge >= 0.3 is 12.4 Å². The number of Topliss-reactive ketones (excluding diaryl/α,β-unsaturated/α-hetero) is 1. The number of nitrogens with zero attached hydrogens (tertiary/aromatic N) is 2. The summed E-state index contributed by atoms with van der Waals surface area (Å²) in [5, 5.41) is 1.23. The molecule has 1 saturated carbocycles. The summed E-state index contributed by atoms with van der Waals surface area (Å²) in [7, 11) is -11.0. The van der Waals surface area contributed by atoms with Crippen LogP contribution in [0.2, 0.25) is 0 Å². The number of sulfonamides is 1. The van der Waals surface area contributed by atoms with Gasteiger partial charge in [-0.1, -0.05) is 97.6 Å². The molecule has 59 heavy (non-hydrogen) atoms. The number of nitrogens with one attached hydrogen (secondary N) is 1. The molecule has 0 aromatic heterocycles. The van der Waals surface area contributed by atoms with E-state index >= 15 is 0 Å². The van der Waals surface area contributed by atoms with Gasteiger partial charge in [0.05, 0.1) is 17.4 Å². The van der Waals surface area contributed by atoms with Crippen LogP contribution >= 0.6 is 0 Å². The normalized spacial score (nSPS) is 20.4. The molecule has 3 aromatic carbocycles. The summed E-state index contributed by atoms with van der Waals surface area (Å²) in [4.78, 5) is 10.7. The highest BCUT2D eigenvalue weighted by Crippen LogP contribution is 2.52. The number of halogens is 6. The van der Waals surface area contributed by atoms with Gasteiger partial charge in [0.15, 0.2) is 0 Å². The number of hydrogen-bond donors (Lipinski definition) is 4. The van der Waals surface area contributed by atoms with Crippen LogP contribution in [0.3, 0.4) is 0 Å². The molecule has 22 heteroatoms. The van der Waals surface area contributed by atoms with Gasteiger partial charge in [0.25, 0.3) is 26.0 Å². The molecule has 2 atom stereocenters. The van der Waals surface area contributed by atoms with E-state index in [2.05, 4.69) is 5.43 Å². The average molecular weight is 905 g/mol. The van der Waals surface area contributed by atoms with Crippen molar-refractivity contribution in [1.82, 2.24) is 14.7 Å². The molecule has 3 aliphatic rings. The summed E-state index contributed by atoms with van der Waals surface area (Å²) < 4.78 is 156. The van der Waals surface area contributed by atoms with Gasteiger partial charge in [0, 0.05) is 24.7 Å². The number of nitrogens with two attached hydrogens (primary N) is 1. The minimum Gasteiger partial charge on any atom is -0.330 e. The largest absolute Gasteiger partial charge is 0.454 e. The molecule has 0 spiro atoms. The fourth-order valence-electron chi connectivity index (χ4n) is 6.14. The van der Waals surface area contributed by atoms with Gasteiger partial charge in [-0.3, -0.25) is 13.9 Å². The van der Waals surface area contributed by atoms with Gasteiger partial charge in [-0.25, -0.2) is 18.9 Å². The molecule has 2 aliphatic heterocycles. The van der Waals surface area contributed by atoms with E-state index in [4.69, 9.17) is 14.8 Å². The van der Waals surface area contributed by atoms with E-state index in [0.29, 0.717) is 25.4 Å². The lowest BCUT2D eigenvalue weighted by molar-refractivity contribution is -0.178. The van der Waals surface area contributed by atoms with Crippen LogP contribution in [0, 0.1) is 12.8 Å². The number of piperidine rings is 1. The quantitative estimate of drug-likeness (QED) is 0.0923. The second kappa shape index (κ2) is 21.9. The minimum absolute atomic E-state index is 0.141. The monoisotopic (exact) mass is 904 g/mol. The van der Waals surface area contributed by atoms with Gasteiger partial charge in [0.2, 0.25) is 15.7 Å². The van der Waals surface area contributed by atoms with Crippen LogP contribution in [0.5, 0.6) is 0 Å². The molecule has 332 valence electrons. The third-order valence-corrected chi connectivity index (χ3v) is 10.9. The molecule has 13 nitrogen and oxygen atoms in total. The zero-order valence-corrected chi connectivity index (χ0v) is 35.0. The zero-order chi connectivity index (χ0) is 44.9. The molecule has 0 bridgehead atoms. The molecule has 2 heterocycles. The Morgan fingerprint density at radius 3 is 1.58 bits per heavy atom. The Labute approximate surface area is 341 Å². The van der Waals surface area contributed by atoms with E-state index in [0.717, 1.165) is 30.2 Å². The first-order chi connectivity index (χ1) is 27.1. The number of hydrogen-bond acceptors (Lipinski definition) is 10.